The molecule has 130 valence electrons. The van der Waals surface area contributed by atoms with E-state index in [0.29, 0.717) is 18.7 Å². The number of carbonyl (C=O) groups excluding carboxylic acids is 2. The second-order valence-electron chi connectivity index (χ2n) is 6.11. The molecule has 4 nitrogen and oxygen atoms in total. The summed E-state index contributed by atoms with van der Waals surface area (Å²) in [6, 6.07) is 14.1. The summed E-state index contributed by atoms with van der Waals surface area (Å²) in [5.41, 5.74) is 1.45. The number of rotatable bonds is 5. The van der Waals surface area contributed by atoms with Crippen LogP contribution in [0, 0.1) is 11.7 Å². The molecule has 0 radical (unpaired) electrons. The molecule has 0 spiro atoms. The van der Waals surface area contributed by atoms with E-state index in [1.807, 2.05) is 24.3 Å². The van der Waals surface area contributed by atoms with Crippen LogP contribution in [0.4, 0.5) is 4.39 Å². The van der Waals surface area contributed by atoms with Gasteiger partial charge in [-0.1, -0.05) is 46.3 Å². The highest BCUT2D eigenvalue weighted by molar-refractivity contribution is 9.10. The normalized spacial score (nSPS) is 17.0. The molecular weight excluding hydrogens is 387 g/mol. The molecule has 1 aliphatic rings. The first kappa shape index (κ1) is 17.6. The van der Waals surface area contributed by atoms with Crippen molar-refractivity contribution in [3.05, 3.63) is 69.9 Å². The lowest BCUT2D eigenvalue weighted by atomic mass is 10.1. The predicted octanol–water partition coefficient (Wildman–Crippen LogP) is 3.25. The maximum absolute atomic E-state index is 13.6. The van der Waals surface area contributed by atoms with Gasteiger partial charge >= 0.3 is 0 Å². The second kappa shape index (κ2) is 7.78. The quantitative estimate of drug-likeness (QED) is 0.831. The first-order chi connectivity index (χ1) is 12.0. The van der Waals surface area contributed by atoms with E-state index in [1.54, 1.807) is 23.1 Å². The van der Waals surface area contributed by atoms with Crippen molar-refractivity contribution >= 4 is 27.7 Å². The van der Waals surface area contributed by atoms with Gasteiger partial charge in [0.05, 0.1) is 5.92 Å². The van der Waals surface area contributed by atoms with E-state index >= 15 is 0 Å². The topological polar surface area (TPSA) is 49.4 Å². The van der Waals surface area contributed by atoms with Crippen LogP contribution < -0.4 is 5.32 Å². The van der Waals surface area contributed by atoms with Crippen LogP contribution in [0.3, 0.4) is 0 Å². The molecule has 1 N–H and O–H groups in total. The minimum absolute atomic E-state index is 0.0361. The summed E-state index contributed by atoms with van der Waals surface area (Å²) < 4.78 is 14.6. The number of hydrogen-bond donors (Lipinski definition) is 1. The number of amides is 2. The third-order valence-corrected chi connectivity index (χ3v) is 4.75. The molecular formula is C19H18BrFN2O2. The molecule has 1 heterocycles. The number of carbonyl (C=O) groups is 2. The van der Waals surface area contributed by atoms with E-state index in [9.17, 15) is 14.0 Å². The van der Waals surface area contributed by atoms with Crippen LogP contribution in [0.25, 0.3) is 0 Å². The highest BCUT2D eigenvalue weighted by Gasteiger charge is 2.34. The van der Waals surface area contributed by atoms with E-state index in [1.165, 1.54) is 6.07 Å². The van der Waals surface area contributed by atoms with Gasteiger partial charge in [0.25, 0.3) is 0 Å². The van der Waals surface area contributed by atoms with Crippen LogP contribution in [-0.2, 0) is 22.7 Å². The lowest BCUT2D eigenvalue weighted by Crippen LogP contribution is -2.32. The number of benzene rings is 2. The van der Waals surface area contributed by atoms with Crippen LogP contribution >= 0.6 is 15.9 Å². The number of halogens is 2. The van der Waals surface area contributed by atoms with E-state index in [-0.39, 0.29) is 30.6 Å². The standard InChI is InChI=1S/C19H18BrFN2O2/c20-16-6-3-4-13(8-16)11-23-12-15(9-18(23)24)19(25)22-10-14-5-1-2-7-17(14)21/h1-8,15H,9-12H2,(H,22,25). The molecule has 3 rings (SSSR count). The van der Waals surface area contributed by atoms with Crippen LogP contribution in [0.5, 0.6) is 0 Å². The minimum atomic E-state index is -0.397. The fourth-order valence-electron chi connectivity index (χ4n) is 2.92. The molecule has 1 fully saturated rings. The van der Waals surface area contributed by atoms with E-state index < -0.39 is 5.92 Å². The smallest absolute Gasteiger partial charge is 0.225 e. The van der Waals surface area contributed by atoms with E-state index in [2.05, 4.69) is 21.2 Å². The Morgan fingerprint density at radius 3 is 2.80 bits per heavy atom. The molecule has 1 aliphatic heterocycles. The number of nitrogens with zero attached hydrogens (tertiary/aromatic N) is 1. The maximum Gasteiger partial charge on any atom is 0.225 e. The van der Waals surface area contributed by atoms with Gasteiger partial charge < -0.3 is 10.2 Å². The van der Waals surface area contributed by atoms with Gasteiger partial charge in [0.15, 0.2) is 0 Å². The van der Waals surface area contributed by atoms with Crippen molar-refractivity contribution in [1.82, 2.24) is 10.2 Å². The number of nitrogens with one attached hydrogen (secondary N) is 1. The summed E-state index contributed by atoms with van der Waals surface area (Å²) in [6.07, 6.45) is 0.192. The number of hydrogen-bond acceptors (Lipinski definition) is 2. The van der Waals surface area contributed by atoms with Crippen LogP contribution in [-0.4, -0.2) is 23.3 Å². The van der Waals surface area contributed by atoms with Crippen molar-refractivity contribution in [3.63, 3.8) is 0 Å². The zero-order valence-corrected chi connectivity index (χ0v) is 15.1. The molecule has 0 aromatic heterocycles. The van der Waals surface area contributed by atoms with Crippen LogP contribution in [0.15, 0.2) is 53.0 Å². The summed E-state index contributed by atoms with van der Waals surface area (Å²) in [7, 11) is 0. The second-order valence-corrected chi connectivity index (χ2v) is 7.03. The van der Waals surface area contributed by atoms with Crippen molar-refractivity contribution in [2.45, 2.75) is 19.5 Å². The minimum Gasteiger partial charge on any atom is -0.352 e. The summed E-state index contributed by atoms with van der Waals surface area (Å²) in [4.78, 5) is 26.2. The summed E-state index contributed by atoms with van der Waals surface area (Å²) in [5.74, 6) is -0.993. The Bertz CT molecular complexity index is 796. The molecule has 0 saturated carbocycles. The summed E-state index contributed by atoms with van der Waals surface area (Å²) >= 11 is 3.41. The van der Waals surface area contributed by atoms with Gasteiger partial charge in [-0.25, -0.2) is 4.39 Å². The molecule has 2 aromatic rings. The third-order valence-electron chi connectivity index (χ3n) is 4.26. The Balaban J connectivity index is 1.56. The lowest BCUT2D eigenvalue weighted by Gasteiger charge is -2.17. The average molecular weight is 405 g/mol. The molecule has 6 heteroatoms. The molecule has 0 bridgehead atoms. The van der Waals surface area contributed by atoms with Gasteiger partial charge in [0.2, 0.25) is 11.8 Å². The van der Waals surface area contributed by atoms with Gasteiger partial charge in [-0.15, -0.1) is 0 Å². The van der Waals surface area contributed by atoms with Gasteiger partial charge in [-0.05, 0) is 23.8 Å². The lowest BCUT2D eigenvalue weighted by molar-refractivity contribution is -0.129. The van der Waals surface area contributed by atoms with E-state index in [4.69, 9.17) is 0 Å². The SMILES string of the molecule is O=C(NCc1ccccc1F)C1CC(=O)N(Cc2cccc(Br)c2)C1. The fourth-order valence-corrected chi connectivity index (χ4v) is 3.37. The molecule has 2 amide bonds. The highest BCUT2D eigenvalue weighted by Crippen LogP contribution is 2.22. The third kappa shape index (κ3) is 4.45. The van der Waals surface area contributed by atoms with Crippen LogP contribution in [0.2, 0.25) is 0 Å². The van der Waals surface area contributed by atoms with Crippen molar-refractivity contribution < 1.29 is 14.0 Å². The van der Waals surface area contributed by atoms with E-state index in [0.717, 1.165) is 10.0 Å². The molecule has 0 aliphatic carbocycles. The first-order valence-electron chi connectivity index (χ1n) is 8.06. The largest absolute Gasteiger partial charge is 0.352 e. The maximum atomic E-state index is 13.6. The Labute approximate surface area is 154 Å². The first-order valence-corrected chi connectivity index (χ1v) is 8.85. The fraction of sp³-hybridized carbons (Fsp3) is 0.263. The summed E-state index contributed by atoms with van der Waals surface area (Å²) in [5, 5.41) is 2.73. The number of likely N-dealkylation sites (tertiary alicyclic amines) is 1. The van der Waals surface area contributed by atoms with Crippen LogP contribution in [0.1, 0.15) is 17.5 Å². The monoisotopic (exact) mass is 404 g/mol. The predicted molar refractivity (Wildman–Crippen MR) is 95.9 cm³/mol. The van der Waals surface area contributed by atoms with Crippen molar-refractivity contribution in [2.75, 3.05) is 6.54 Å². The molecule has 25 heavy (non-hydrogen) atoms. The molecule has 1 saturated heterocycles. The highest BCUT2D eigenvalue weighted by atomic mass is 79.9. The molecule has 1 unspecified atom stereocenters. The Morgan fingerprint density at radius 2 is 2.04 bits per heavy atom. The van der Waals surface area contributed by atoms with Crippen molar-refractivity contribution in [1.29, 1.82) is 0 Å². The summed E-state index contributed by atoms with van der Waals surface area (Å²) in [6.45, 7) is 0.992. The molecule has 2 aromatic carbocycles. The van der Waals surface area contributed by atoms with Crippen molar-refractivity contribution in [3.8, 4) is 0 Å². The Morgan fingerprint density at radius 1 is 1.24 bits per heavy atom. The zero-order chi connectivity index (χ0) is 17.8. The van der Waals surface area contributed by atoms with Gasteiger partial charge in [-0.3, -0.25) is 9.59 Å². The van der Waals surface area contributed by atoms with Gasteiger partial charge in [0.1, 0.15) is 5.82 Å². The zero-order valence-electron chi connectivity index (χ0n) is 13.5. The van der Waals surface area contributed by atoms with Gasteiger partial charge in [-0.2, -0.15) is 0 Å². The Hall–Kier alpha value is -2.21. The Kier molecular flexibility index (Phi) is 5.48. The average Bonchev–Trinajstić information content (AvgIpc) is 2.95. The molecule has 1 atom stereocenters. The van der Waals surface area contributed by atoms with Crippen molar-refractivity contribution in [2.24, 2.45) is 5.92 Å². The van der Waals surface area contributed by atoms with Gasteiger partial charge in [0, 0.05) is 36.1 Å².